The molecule has 13 heteroatoms. The van der Waals surface area contributed by atoms with Gasteiger partial charge in [-0.2, -0.15) is 43.9 Å². The highest BCUT2D eigenvalue weighted by molar-refractivity contribution is 5.13. The van der Waals surface area contributed by atoms with Gasteiger partial charge in [0.05, 0.1) is 0 Å². The molecule has 0 saturated carbocycles. The molecule has 0 aliphatic carbocycles. The van der Waals surface area contributed by atoms with E-state index in [2.05, 4.69) is 14.2 Å². The highest BCUT2D eigenvalue weighted by Gasteiger charge is 2.66. The highest BCUT2D eigenvalue weighted by Crippen LogP contribution is 2.45. The van der Waals surface area contributed by atoms with Crippen LogP contribution < -0.4 is 0 Å². The normalized spacial score (nSPS) is 17.2. The fourth-order valence-electron chi connectivity index (χ4n) is 0.798. The first-order valence-electron chi connectivity index (χ1n) is 4.11. The molecule has 0 fully saturated rings. The molecule has 0 saturated heterocycles. The minimum Gasteiger partial charge on any atom is -0.410 e. The molecule has 0 spiro atoms. The molecule has 0 amide bonds. The summed E-state index contributed by atoms with van der Waals surface area (Å²) in [5, 5.41) is 0. The second-order valence-electron chi connectivity index (χ2n) is 2.99. The van der Waals surface area contributed by atoms with Crippen LogP contribution in [0.25, 0.3) is 0 Å². The van der Waals surface area contributed by atoms with Crippen LogP contribution in [0.2, 0.25) is 0 Å². The van der Waals surface area contributed by atoms with Crippen LogP contribution in [0.3, 0.4) is 0 Å². The third kappa shape index (κ3) is 3.08. The van der Waals surface area contributed by atoms with Gasteiger partial charge in [0.15, 0.2) is 0 Å². The number of ether oxygens (including phenoxy) is 3. The van der Waals surface area contributed by atoms with Gasteiger partial charge in [-0.1, -0.05) is 0 Å². The Morgan fingerprint density at radius 1 is 0.900 bits per heavy atom. The zero-order valence-electron chi connectivity index (χ0n) is 8.50. The van der Waals surface area contributed by atoms with Crippen molar-refractivity contribution < 1.29 is 58.1 Å². The Hall–Kier alpha value is -1.66. The lowest BCUT2D eigenvalue weighted by Gasteiger charge is -2.24. The summed E-state index contributed by atoms with van der Waals surface area (Å²) in [6.07, 6.45) is -21.6. The molecular formula is C7F10O3. The first-order valence-corrected chi connectivity index (χ1v) is 4.11. The average molecular weight is 322 g/mol. The van der Waals surface area contributed by atoms with Gasteiger partial charge in [0.1, 0.15) is 0 Å². The summed E-state index contributed by atoms with van der Waals surface area (Å²) in [5.41, 5.74) is 0. The van der Waals surface area contributed by atoms with Gasteiger partial charge in [-0.05, 0) is 0 Å². The lowest BCUT2D eigenvalue weighted by molar-refractivity contribution is -0.451. The summed E-state index contributed by atoms with van der Waals surface area (Å²) >= 11 is 0. The molecule has 1 rings (SSSR count). The molecule has 116 valence electrons. The molecular weight excluding hydrogens is 322 g/mol. The maximum Gasteiger partial charge on any atom is 0.483 e. The summed E-state index contributed by atoms with van der Waals surface area (Å²) < 4.78 is 130. The van der Waals surface area contributed by atoms with E-state index in [0.29, 0.717) is 0 Å². The van der Waals surface area contributed by atoms with E-state index in [-0.39, 0.29) is 0 Å². The van der Waals surface area contributed by atoms with Crippen molar-refractivity contribution in [1.29, 1.82) is 0 Å². The Morgan fingerprint density at radius 2 is 1.40 bits per heavy atom. The fourth-order valence-corrected chi connectivity index (χ4v) is 0.798. The van der Waals surface area contributed by atoms with Gasteiger partial charge < -0.3 is 9.47 Å². The van der Waals surface area contributed by atoms with Crippen LogP contribution in [-0.2, 0) is 14.2 Å². The van der Waals surface area contributed by atoms with Crippen LogP contribution in [0.4, 0.5) is 43.9 Å². The van der Waals surface area contributed by atoms with E-state index in [1.807, 2.05) is 0 Å². The maximum atomic E-state index is 12.9. The van der Waals surface area contributed by atoms with E-state index >= 15 is 0 Å². The van der Waals surface area contributed by atoms with Crippen LogP contribution >= 0.6 is 0 Å². The average Bonchev–Trinajstić information content (AvgIpc) is 2.57. The zero-order chi connectivity index (χ0) is 15.9. The first-order chi connectivity index (χ1) is 8.78. The van der Waals surface area contributed by atoms with Gasteiger partial charge >= 0.3 is 36.4 Å². The molecule has 0 aromatic carbocycles. The Bertz CT molecular complexity index is 458. The molecule has 0 N–H and O–H groups in total. The van der Waals surface area contributed by atoms with Crippen molar-refractivity contribution in [1.82, 2.24) is 0 Å². The number of rotatable bonds is 3. The standard InChI is InChI=1S/C7F10O3/c8-2(9)4-18-1(3(10)19-4)5(11,12)20-7(16,17)6(13,14)15. The Kier molecular flexibility index (Phi) is 3.86. The lowest BCUT2D eigenvalue weighted by Crippen LogP contribution is -2.45. The van der Waals surface area contributed by atoms with Gasteiger partial charge in [-0.3, -0.25) is 0 Å². The molecule has 0 radical (unpaired) electrons. The second-order valence-corrected chi connectivity index (χ2v) is 2.99. The lowest BCUT2D eigenvalue weighted by atomic mass is 10.5. The van der Waals surface area contributed by atoms with Crippen LogP contribution in [-0.4, -0.2) is 18.4 Å². The molecule has 20 heavy (non-hydrogen) atoms. The number of halogens is 10. The summed E-state index contributed by atoms with van der Waals surface area (Å²) in [5.74, 6) is -4.85. The molecule has 1 aliphatic heterocycles. The van der Waals surface area contributed by atoms with Gasteiger partial charge in [-0.15, -0.1) is 0 Å². The molecule has 1 heterocycles. The third-order valence-corrected chi connectivity index (χ3v) is 1.56. The summed E-state index contributed by atoms with van der Waals surface area (Å²) in [7, 11) is 0. The predicted molar refractivity (Wildman–Crippen MR) is 36.6 cm³/mol. The van der Waals surface area contributed by atoms with E-state index in [4.69, 9.17) is 0 Å². The van der Waals surface area contributed by atoms with Crippen molar-refractivity contribution in [2.45, 2.75) is 18.4 Å². The monoisotopic (exact) mass is 322 g/mol. The zero-order valence-corrected chi connectivity index (χ0v) is 8.50. The summed E-state index contributed by atoms with van der Waals surface area (Å²) in [6.45, 7) is 0. The predicted octanol–water partition coefficient (Wildman–Crippen LogP) is 4.00. The largest absolute Gasteiger partial charge is 0.483 e. The van der Waals surface area contributed by atoms with Crippen molar-refractivity contribution >= 4 is 0 Å². The van der Waals surface area contributed by atoms with E-state index in [1.54, 1.807) is 0 Å². The SMILES string of the molecule is FC(F)=C1OC(F)=C(C(F)(F)OC(F)(F)C(F)(F)F)O1. The maximum absolute atomic E-state index is 12.9. The Labute approximate surface area is 102 Å². The minimum atomic E-state index is -6.56. The number of hydrogen-bond acceptors (Lipinski definition) is 3. The van der Waals surface area contributed by atoms with E-state index in [0.717, 1.165) is 0 Å². The van der Waals surface area contributed by atoms with Crippen LogP contribution in [0, 0.1) is 0 Å². The van der Waals surface area contributed by atoms with Crippen LogP contribution in [0.1, 0.15) is 0 Å². The quantitative estimate of drug-likeness (QED) is 0.735. The van der Waals surface area contributed by atoms with E-state index in [9.17, 15) is 43.9 Å². The molecule has 0 aromatic rings. The Balaban J connectivity index is 3.02. The van der Waals surface area contributed by atoms with E-state index < -0.39 is 42.2 Å². The van der Waals surface area contributed by atoms with Crippen molar-refractivity contribution in [3.8, 4) is 0 Å². The number of hydrogen-bond donors (Lipinski definition) is 0. The van der Waals surface area contributed by atoms with Crippen molar-refractivity contribution in [2.24, 2.45) is 0 Å². The Morgan fingerprint density at radius 3 is 1.75 bits per heavy atom. The van der Waals surface area contributed by atoms with Crippen LogP contribution in [0.15, 0.2) is 23.8 Å². The van der Waals surface area contributed by atoms with E-state index in [1.165, 1.54) is 0 Å². The van der Waals surface area contributed by atoms with Crippen molar-refractivity contribution in [3.05, 3.63) is 23.8 Å². The third-order valence-electron chi connectivity index (χ3n) is 1.56. The smallest absolute Gasteiger partial charge is 0.410 e. The highest BCUT2D eigenvalue weighted by atomic mass is 19.4. The van der Waals surface area contributed by atoms with Crippen molar-refractivity contribution in [3.63, 3.8) is 0 Å². The topological polar surface area (TPSA) is 27.7 Å². The van der Waals surface area contributed by atoms with Crippen LogP contribution in [0.5, 0.6) is 0 Å². The summed E-state index contributed by atoms with van der Waals surface area (Å²) in [4.78, 5) is 0. The first kappa shape index (κ1) is 16.4. The van der Waals surface area contributed by atoms with Crippen molar-refractivity contribution in [2.75, 3.05) is 0 Å². The second kappa shape index (κ2) is 4.71. The van der Waals surface area contributed by atoms with Gasteiger partial charge in [0, 0.05) is 0 Å². The molecule has 0 bridgehead atoms. The molecule has 0 atom stereocenters. The molecule has 0 aromatic heterocycles. The summed E-state index contributed by atoms with van der Waals surface area (Å²) in [6, 6.07) is -2.66. The molecule has 3 nitrogen and oxygen atoms in total. The fraction of sp³-hybridized carbons (Fsp3) is 0.429. The molecule has 1 aliphatic rings. The minimum absolute atomic E-state index is 2.11. The van der Waals surface area contributed by atoms with Gasteiger partial charge in [0.25, 0.3) is 5.76 Å². The molecule has 0 unspecified atom stereocenters. The van der Waals surface area contributed by atoms with Gasteiger partial charge in [-0.25, -0.2) is 4.74 Å². The van der Waals surface area contributed by atoms with Gasteiger partial charge in [0.2, 0.25) is 0 Å². The number of alkyl halides is 7.